The number of hydrogen-bond acceptors (Lipinski definition) is 4. The Hall–Kier alpha value is -2.99. The molecule has 0 saturated heterocycles. The third-order valence-corrected chi connectivity index (χ3v) is 4.85. The molecule has 0 spiro atoms. The van der Waals surface area contributed by atoms with Gasteiger partial charge in [0.25, 0.3) is 5.91 Å². The van der Waals surface area contributed by atoms with E-state index in [0.717, 1.165) is 18.4 Å². The predicted molar refractivity (Wildman–Crippen MR) is 109 cm³/mol. The minimum absolute atomic E-state index is 0.0389. The minimum atomic E-state index is -0.226. The van der Waals surface area contributed by atoms with Crippen LogP contribution in [-0.2, 0) is 4.79 Å². The van der Waals surface area contributed by atoms with Gasteiger partial charge in [-0.15, -0.1) is 11.3 Å². The standard InChI is InChI=1S/C21H21N3O2S/c1-2-6-18(15-7-4-3-5-8-15)20(26)23-17-11-9-16(10-12-17)19(25)24-21-22-13-14-27-21/h3-5,7-14,18H,2,6H2,1H3,(H,23,26)(H,22,24,25). The lowest BCUT2D eigenvalue weighted by Crippen LogP contribution is -2.21. The van der Waals surface area contributed by atoms with Crippen LogP contribution < -0.4 is 10.6 Å². The van der Waals surface area contributed by atoms with Crippen molar-refractivity contribution in [2.24, 2.45) is 0 Å². The number of carbonyl (C=O) groups excluding carboxylic acids is 2. The molecule has 2 N–H and O–H groups in total. The average Bonchev–Trinajstić information content (AvgIpc) is 3.20. The highest BCUT2D eigenvalue weighted by molar-refractivity contribution is 7.13. The van der Waals surface area contributed by atoms with Gasteiger partial charge in [0.1, 0.15) is 0 Å². The molecule has 0 fully saturated rings. The topological polar surface area (TPSA) is 71.1 Å². The SMILES string of the molecule is CCCC(C(=O)Nc1ccc(C(=O)Nc2nccs2)cc1)c1ccccc1. The first-order valence-electron chi connectivity index (χ1n) is 8.84. The number of anilines is 2. The van der Waals surface area contributed by atoms with E-state index in [9.17, 15) is 9.59 Å². The van der Waals surface area contributed by atoms with Crippen molar-refractivity contribution in [3.8, 4) is 0 Å². The first kappa shape index (κ1) is 18.8. The predicted octanol–water partition coefficient (Wildman–Crippen LogP) is 4.92. The summed E-state index contributed by atoms with van der Waals surface area (Å²) in [5.41, 5.74) is 2.19. The number of rotatable bonds is 7. The first-order chi connectivity index (χ1) is 13.2. The van der Waals surface area contributed by atoms with Gasteiger partial charge in [-0.05, 0) is 36.2 Å². The van der Waals surface area contributed by atoms with Crippen molar-refractivity contribution in [1.29, 1.82) is 0 Å². The van der Waals surface area contributed by atoms with Crippen molar-refractivity contribution in [2.75, 3.05) is 10.6 Å². The van der Waals surface area contributed by atoms with Gasteiger partial charge in [-0.2, -0.15) is 0 Å². The van der Waals surface area contributed by atoms with Gasteiger partial charge >= 0.3 is 0 Å². The molecular weight excluding hydrogens is 358 g/mol. The quantitative estimate of drug-likeness (QED) is 0.612. The van der Waals surface area contributed by atoms with Crippen LogP contribution in [0.1, 0.15) is 41.6 Å². The van der Waals surface area contributed by atoms with E-state index in [1.54, 1.807) is 35.8 Å². The Balaban J connectivity index is 1.66. The normalized spacial score (nSPS) is 11.6. The molecule has 3 rings (SSSR count). The zero-order chi connectivity index (χ0) is 19.1. The van der Waals surface area contributed by atoms with Gasteiger partial charge in [0.15, 0.2) is 5.13 Å². The molecular formula is C21H21N3O2S. The fourth-order valence-corrected chi connectivity index (χ4v) is 3.34. The van der Waals surface area contributed by atoms with Gasteiger partial charge in [0.2, 0.25) is 5.91 Å². The second-order valence-electron chi connectivity index (χ2n) is 6.11. The summed E-state index contributed by atoms with van der Waals surface area (Å²) in [6.45, 7) is 2.07. The maximum Gasteiger partial charge on any atom is 0.257 e. The second kappa shape index (κ2) is 9.09. The number of amides is 2. The summed E-state index contributed by atoms with van der Waals surface area (Å²) in [7, 11) is 0. The molecule has 0 bridgehead atoms. The van der Waals surface area contributed by atoms with Crippen LogP contribution >= 0.6 is 11.3 Å². The van der Waals surface area contributed by atoms with Crippen LogP contribution in [-0.4, -0.2) is 16.8 Å². The zero-order valence-corrected chi connectivity index (χ0v) is 15.8. The molecule has 5 nitrogen and oxygen atoms in total. The van der Waals surface area contributed by atoms with E-state index in [4.69, 9.17) is 0 Å². The number of benzene rings is 2. The highest BCUT2D eigenvalue weighted by Gasteiger charge is 2.19. The van der Waals surface area contributed by atoms with E-state index >= 15 is 0 Å². The van der Waals surface area contributed by atoms with Crippen molar-refractivity contribution < 1.29 is 9.59 Å². The molecule has 0 saturated carbocycles. The van der Waals surface area contributed by atoms with E-state index in [1.807, 2.05) is 30.3 Å². The Labute approximate surface area is 162 Å². The van der Waals surface area contributed by atoms with Crippen molar-refractivity contribution in [1.82, 2.24) is 4.98 Å². The Morgan fingerprint density at radius 3 is 2.41 bits per heavy atom. The van der Waals surface area contributed by atoms with Crippen molar-refractivity contribution in [2.45, 2.75) is 25.7 Å². The molecule has 0 radical (unpaired) electrons. The molecule has 1 heterocycles. The largest absolute Gasteiger partial charge is 0.326 e. The number of carbonyl (C=O) groups is 2. The van der Waals surface area contributed by atoms with Crippen LogP contribution in [0, 0.1) is 0 Å². The fourth-order valence-electron chi connectivity index (χ4n) is 2.81. The highest BCUT2D eigenvalue weighted by atomic mass is 32.1. The van der Waals surface area contributed by atoms with Crippen molar-refractivity contribution in [3.05, 3.63) is 77.3 Å². The number of thiazole rings is 1. The van der Waals surface area contributed by atoms with E-state index < -0.39 is 0 Å². The van der Waals surface area contributed by atoms with Crippen LogP contribution in [0.3, 0.4) is 0 Å². The molecule has 0 aliphatic heterocycles. The van der Waals surface area contributed by atoms with Crippen LogP contribution in [0.5, 0.6) is 0 Å². The van der Waals surface area contributed by atoms with Gasteiger partial charge in [-0.1, -0.05) is 43.7 Å². The maximum atomic E-state index is 12.7. The van der Waals surface area contributed by atoms with Gasteiger partial charge < -0.3 is 5.32 Å². The lowest BCUT2D eigenvalue weighted by Gasteiger charge is -2.16. The minimum Gasteiger partial charge on any atom is -0.326 e. The summed E-state index contributed by atoms with van der Waals surface area (Å²) >= 11 is 1.36. The lowest BCUT2D eigenvalue weighted by atomic mass is 9.93. The summed E-state index contributed by atoms with van der Waals surface area (Å²) in [5, 5.41) is 8.05. The molecule has 138 valence electrons. The van der Waals surface area contributed by atoms with E-state index in [-0.39, 0.29) is 17.7 Å². The third kappa shape index (κ3) is 5.01. The van der Waals surface area contributed by atoms with Crippen LogP contribution in [0.15, 0.2) is 66.2 Å². The van der Waals surface area contributed by atoms with Gasteiger partial charge in [-0.25, -0.2) is 4.98 Å². The Kier molecular flexibility index (Phi) is 6.33. The second-order valence-corrected chi connectivity index (χ2v) is 7.00. The smallest absolute Gasteiger partial charge is 0.257 e. The Morgan fingerprint density at radius 2 is 1.78 bits per heavy atom. The van der Waals surface area contributed by atoms with E-state index in [0.29, 0.717) is 16.4 Å². The number of hydrogen-bond donors (Lipinski definition) is 2. The molecule has 2 aromatic carbocycles. The lowest BCUT2D eigenvalue weighted by molar-refractivity contribution is -0.117. The van der Waals surface area contributed by atoms with Crippen LogP contribution in [0.25, 0.3) is 0 Å². The number of aromatic nitrogens is 1. The van der Waals surface area contributed by atoms with Gasteiger partial charge in [0, 0.05) is 22.8 Å². The summed E-state index contributed by atoms with van der Waals surface area (Å²) < 4.78 is 0. The fraction of sp³-hybridized carbons (Fsp3) is 0.190. The molecule has 0 aliphatic carbocycles. The number of nitrogens with one attached hydrogen (secondary N) is 2. The molecule has 1 unspecified atom stereocenters. The highest BCUT2D eigenvalue weighted by Crippen LogP contribution is 2.23. The monoisotopic (exact) mass is 379 g/mol. The molecule has 27 heavy (non-hydrogen) atoms. The molecule has 6 heteroatoms. The summed E-state index contributed by atoms with van der Waals surface area (Å²) in [6.07, 6.45) is 3.34. The Morgan fingerprint density at radius 1 is 1.04 bits per heavy atom. The van der Waals surface area contributed by atoms with Crippen LogP contribution in [0.4, 0.5) is 10.8 Å². The summed E-state index contributed by atoms with van der Waals surface area (Å²) in [6, 6.07) is 16.6. The van der Waals surface area contributed by atoms with Gasteiger partial charge in [0.05, 0.1) is 5.92 Å². The van der Waals surface area contributed by atoms with Crippen molar-refractivity contribution in [3.63, 3.8) is 0 Å². The maximum absolute atomic E-state index is 12.7. The van der Waals surface area contributed by atoms with Gasteiger partial charge in [-0.3, -0.25) is 14.9 Å². The first-order valence-corrected chi connectivity index (χ1v) is 9.72. The molecule has 3 aromatic rings. The average molecular weight is 379 g/mol. The van der Waals surface area contributed by atoms with E-state index in [1.165, 1.54) is 11.3 Å². The van der Waals surface area contributed by atoms with E-state index in [2.05, 4.69) is 22.5 Å². The number of nitrogens with zero attached hydrogens (tertiary/aromatic N) is 1. The summed E-state index contributed by atoms with van der Waals surface area (Å²) in [5.74, 6) is -0.455. The molecule has 0 aliphatic rings. The third-order valence-electron chi connectivity index (χ3n) is 4.16. The van der Waals surface area contributed by atoms with Crippen molar-refractivity contribution >= 4 is 34.0 Å². The van der Waals surface area contributed by atoms with Crippen LogP contribution in [0.2, 0.25) is 0 Å². The molecule has 1 aromatic heterocycles. The molecule has 2 amide bonds. The molecule has 1 atom stereocenters. The Bertz CT molecular complexity index is 878. The summed E-state index contributed by atoms with van der Waals surface area (Å²) in [4.78, 5) is 29.0. The zero-order valence-electron chi connectivity index (χ0n) is 15.0.